The average molecular weight is 292 g/mol. The van der Waals surface area contributed by atoms with Crippen LogP contribution in [0, 0.1) is 0 Å². The molecule has 21 heavy (non-hydrogen) atoms. The number of ketones is 1. The highest BCUT2D eigenvalue weighted by atomic mass is 16.6. The number of carbonyl (C=O) groups excluding carboxylic acids is 2. The van der Waals surface area contributed by atoms with Crippen molar-refractivity contribution >= 4 is 11.8 Å². The molecule has 1 aliphatic heterocycles. The van der Waals surface area contributed by atoms with E-state index in [0.29, 0.717) is 23.5 Å². The zero-order valence-electron chi connectivity index (χ0n) is 12.8. The van der Waals surface area contributed by atoms with Gasteiger partial charge in [0.1, 0.15) is 17.1 Å². The van der Waals surface area contributed by atoms with Crippen LogP contribution < -0.4 is 9.47 Å². The van der Waals surface area contributed by atoms with Crippen LogP contribution in [-0.4, -0.2) is 30.1 Å². The first kappa shape index (κ1) is 15.4. The molecule has 114 valence electrons. The minimum Gasteiger partial charge on any atom is -0.486 e. The van der Waals surface area contributed by atoms with Crippen LogP contribution in [0.2, 0.25) is 0 Å². The van der Waals surface area contributed by atoms with Crippen LogP contribution >= 0.6 is 0 Å². The third-order valence-corrected chi connectivity index (χ3v) is 2.95. The summed E-state index contributed by atoms with van der Waals surface area (Å²) in [6.45, 7) is 7.10. The van der Waals surface area contributed by atoms with Crippen LogP contribution in [0.1, 0.15) is 44.5 Å². The highest BCUT2D eigenvalue weighted by molar-refractivity contribution is 6.00. The van der Waals surface area contributed by atoms with E-state index in [0.717, 1.165) is 0 Å². The Balaban J connectivity index is 2.07. The van der Waals surface area contributed by atoms with E-state index in [4.69, 9.17) is 14.2 Å². The zero-order valence-corrected chi connectivity index (χ0v) is 12.8. The van der Waals surface area contributed by atoms with E-state index in [9.17, 15) is 9.59 Å². The Labute approximate surface area is 124 Å². The molecule has 0 saturated carbocycles. The number of Topliss-reactive ketones (excluding diaryl/α,β-unsaturated/α-hetero) is 1. The predicted octanol–water partition coefficient (Wildman–Crippen LogP) is 2.76. The van der Waals surface area contributed by atoms with Gasteiger partial charge >= 0.3 is 5.97 Å². The first-order valence-corrected chi connectivity index (χ1v) is 6.95. The number of ether oxygens (including phenoxy) is 3. The predicted molar refractivity (Wildman–Crippen MR) is 76.8 cm³/mol. The molecular formula is C16H20O5. The van der Waals surface area contributed by atoms with Gasteiger partial charge in [-0.3, -0.25) is 4.79 Å². The van der Waals surface area contributed by atoms with Gasteiger partial charge in [-0.15, -0.1) is 0 Å². The SMILES string of the molecule is CC(C)OC(=O)COc1ccc2c(c1)OC(C)(C)CC2=O. The van der Waals surface area contributed by atoms with Crippen molar-refractivity contribution in [3.05, 3.63) is 23.8 Å². The van der Waals surface area contributed by atoms with Crippen molar-refractivity contribution in [3.63, 3.8) is 0 Å². The maximum atomic E-state index is 12.0. The normalized spacial score (nSPS) is 16.1. The highest BCUT2D eigenvalue weighted by Gasteiger charge is 2.32. The lowest BCUT2D eigenvalue weighted by Crippen LogP contribution is -2.35. The van der Waals surface area contributed by atoms with E-state index in [1.165, 1.54) is 0 Å². The molecule has 1 aromatic carbocycles. The fourth-order valence-corrected chi connectivity index (χ4v) is 2.16. The Morgan fingerprint density at radius 3 is 2.76 bits per heavy atom. The smallest absolute Gasteiger partial charge is 0.344 e. The van der Waals surface area contributed by atoms with Crippen molar-refractivity contribution in [2.75, 3.05) is 6.61 Å². The topological polar surface area (TPSA) is 61.8 Å². The van der Waals surface area contributed by atoms with Gasteiger partial charge < -0.3 is 14.2 Å². The molecule has 0 aromatic heterocycles. The summed E-state index contributed by atoms with van der Waals surface area (Å²) in [6, 6.07) is 4.95. The molecule has 1 heterocycles. The molecule has 0 atom stereocenters. The summed E-state index contributed by atoms with van der Waals surface area (Å²) < 4.78 is 16.1. The second kappa shape index (κ2) is 5.76. The minimum absolute atomic E-state index is 0.0482. The Morgan fingerprint density at radius 2 is 2.10 bits per heavy atom. The maximum absolute atomic E-state index is 12.0. The lowest BCUT2D eigenvalue weighted by Gasteiger charge is -2.31. The fraction of sp³-hybridized carbons (Fsp3) is 0.500. The number of rotatable bonds is 4. The Hall–Kier alpha value is -2.04. The van der Waals surface area contributed by atoms with Crippen LogP contribution in [-0.2, 0) is 9.53 Å². The maximum Gasteiger partial charge on any atom is 0.344 e. The third kappa shape index (κ3) is 3.97. The standard InChI is InChI=1S/C16H20O5/c1-10(2)20-15(18)9-19-11-5-6-12-13(17)8-16(3,4)21-14(12)7-11/h5-7,10H,8-9H2,1-4H3. The molecule has 0 spiro atoms. The van der Waals surface area contributed by atoms with Gasteiger partial charge in [0, 0.05) is 6.07 Å². The number of benzene rings is 1. The summed E-state index contributed by atoms with van der Waals surface area (Å²) >= 11 is 0. The molecular weight excluding hydrogens is 272 g/mol. The summed E-state index contributed by atoms with van der Waals surface area (Å²) in [4.78, 5) is 23.4. The van der Waals surface area contributed by atoms with Gasteiger partial charge in [-0.1, -0.05) is 0 Å². The van der Waals surface area contributed by atoms with E-state index in [2.05, 4.69) is 0 Å². The molecule has 0 radical (unpaired) electrons. The Morgan fingerprint density at radius 1 is 1.38 bits per heavy atom. The molecule has 0 N–H and O–H groups in total. The van der Waals surface area contributed by atoms with Crippen LogP contribution in [0.15, 0.2) is 18.2 Å². The molecule has 0 aliphatic carbocycles. The van der Waals surface area contributed by atoms with Crippen molar-refractivity contribution < 1.29 is 23.8 Å². The van der Waals surface area contributed by atoms with E-state index < -0.39 is 11.6 Å². The van der Waals surface area contributed by atoms with E-state index in [1.807, 2.05) is 13.8 Å². The number of carbonyl (C=O) groups is 2. The molecule has 0 bridgehead atoms. The first-order chi connectivity index (χ1) is 9.77. The molecule has 2 rings (SSSR count). The molecule has 1 aliphatic rings. The molecule has 0 saturated heterocycles. The lowest BCUT2D eigenvalue weighted by atomic mass is 9.93. The van der Waals surface area contributed by atoms with Crippen molar-refractivity contribution in [2.24, 2.45) is 0 Å². The van der Waals surface area contributed by atoms with Crippen LogP contribution in [0.5, 0.6) is 11.5 Å². The average Bonchev–Trinajstić information content (AvgIpc) is 2.33. The number of fused-ring (bicyclic) bond motifs is 1. The second-order valence-electron chi connectivity index (χ2n) is 5.95. The fourth-order valence-electron chi connectivity index (χ4n) is 2.16. The van der Waals surface area contributed by atoms with Crippen LogP contribution in [0.3, 0.4) is 0 Å². The molecule has 5 heteroatoms. The van der Waals surface area contributed by atoms with Crippen LogP contribution in [0.4, 0.5) is 0 Å². The largest absolute Gasteiger partial charge is 0.486 e. The van der Waals surface area contributed by atoms with E-state index in [-0.39, 0.29) is 18.5 Å². The van der Waals surface area contributed by atoms with E-state index >= 15 is 0 Å². The Kier molecular flexibility index (Phi) is 4.21. The van der Waals surface area contributed by atoms with Gasteiger partial charge in [0.15, 0.2) is 12.4 Å². The molecule has 0 amide bonds. The quantitative estimate of drug-likeness (QED) is 0.798. The highest BCUT2D eigenvalue weighted by Crippen LogP contribution is 2.35. The molecule has 1 aromatic rings. The summed E-state index contributed by atoms with van der Waals surface area (Å²) in [5.74, 6) is 0.581. The number of esters is 1. The lowest BCUT2D eigenvalue weighted by molar-refractivity contribution is -0.149. The summed E-state index contributed by atoms with van der Waals surface area (Å²) in [7, 11) is 0. The summed E-state index contributed by atoms with van der Waals surface area (Å²) in [5, 5.41) is 0. The number of hydrogen-bond acceptors (Lipinski definition) is 5. The molecule has 0 unspecified atom stereocenters. The van der Waals surface area contributed by atoms with Crippen molar-refractivity contribution in [3.8, 4) is 11.5 Å². The van der Waals surface area contributed by atoms with Gasteiger partial charge in [-0.25, -0.2) is 4.79 Å². The van der Waals surface area contributed by atoms with Crippen molar-refractivity contribution in [1.29, 1.82) is 0 Å². The van der Waals surface area contributed by atoms with Gasteiger partial charge in [0.05, 0.1) is 18.1 Å². The summed E-state index contributed by atoms with van der Waals surface area (Å²) in [6.07, 6.45) is 0.173. The monoisotopic (exact) mass is 292 g/mol. The summed E-state index contributed by atoms with van der Waals surface area (Å²) in [5.41, 5.74) is 0.0191. The van der Waals surface area contributed by atoms with Crippen molar-refractivity contribution in [1.82, 2.24) is 0 Å². The van der Waals surface area contributed by atoms with Crippen molar-refractivity contribution in [2.45, 2.75) is 45.8 Å². The number of hydrogen-bond donors (Lipinski definition) is 0. The van der Waals surface area contributed by atoms with Gasteiger partial charge in [0.25, 0.3) is 0 Å². The van der Waals surface area contributed by atoms with Gasteiger partial charge in [-0.05, 0) is 39.8 Å². The molecule has 0 fully saturated rings. The first-order valence-electron chi connectivity index (χ1n) is 6.95. The zero-order chi connectivity index (χ0) is 15.6. The van der Waals surface area contributed by atoms with Gasteiger partial charge in [-0.2, -0.15) is 0 Å². The van der Waals surface area contributed by atoms with E-state index in [1.54, 1.807) is 32.0 Å². The molecule has 5 nitrogen and oxygen atoms in total. The minimum atomic E-state index is -0.528. The Bertz CT molecular complexity index is 560. The van der Waals surface area contributed by atoms with Gasteiger partial charge in [0.2, 0.25) is 0 Å². The second-order valence-corrected chi connectivity index (χ2v) is 5.95. The van der Waals surface area contributed by atoms with Crippen LogP contribution in [0.25, 0.3) is 0 Å². The third-order valence-electron chi connectivity index (χ3n) is 2.95.